The standard InChI is InChI=1S/C32H32N2O6/c1-19-9-8-10-20(15-19)29-34-32(18-37-29)28-27(39-31(2,3)40-28)26(38-32)16-33-30(35)36-17-25-23-13-6-4-11-21(23)22-12-5-7-14-24(22)25/h4-15,25-28H,16-18H2,1-3H3,(H,33,35). The first-order valence-electron chi connectivity index (χ1n) is 13.7. The number of fused-ring (bicyclic) bond motifs is 5. The monoisotopic (exact) mass is 540 g/mol. The third-order valence-electron chi connectivity index (χ3n) is 8.06. The van der Waals surface area contributed by atoms with Gasteiger partial charge in [0.25, 0.3) is 0 Å². The summed E-state index contributed by atoms with van der Waals surface area (Å²) in [5.74, 6) is -0.303. The molecule has 1 N–H and O–H groups in total. The summed E-state index contributed by atoms with van der Waals surface area (Å²) in [6, 6.07) is 24.5. The number of hydrogen-bond acceptors (Lipinski definition) is 7. The summed E-state index contributed by atoms with van der Waals surface area (Å²) in [6.07, 6.45) is -1.89. The molecule has 2 saturated heterocycles. The number of aryl methyl sites for hydroxylation is 1. The molecule has 8 heteroatoms. The molecule has 0 saturated carbocycles. The summed E-state index contributed by atoms with van der Waals surface area (Å²) in [4.78, 5) is 17.7. The predicted octanol–water partition coefficient (Wildman–Crippen LogP) is 4.93. The number of hydrogen-bond donors (Lipinski definition) is 1. The SMILES string of the molecule is Cc1cccc(C2=NC3(CO2)OC(CNC(=O)OCC2c4ccccc4-c4ccccc42)C2OC(C)(C)OC23)c1. The second-order valence-corrected chi connectivity index (χ2v) is 11.3. The fourth-order valence-electron chi connectivity index (χ4n) is 6.34. The lowest BCUT2D eigenvalue weighted by Gasteiger charge is -2.27. The van der Waals surface area contributed by atoms with E-state index in [2.05, 4.69) is 29.6 Å². The van der Waals surface area contributed by atoms with Gasteiger partial charge in [0.15, 0.2) is 5.79 Å². The number of carbonyl (C=O) groups excluding carboxylic acids is 1. The number of alkyl carbamates (subject to hydrolysis) is 1. The molecule has 40 heavy (non-hydrogen) atoms. The molecular weight excluding hydrogens is 508 g/mol. The van der Waals surface area contributed by atoms with Gasteiger partial charge in [-0.25, -0.2) is 9.79 Å². The van der Waals surface area contributed by atoms with Crippen molar-refractivity contribution in [2.45, 2.75) is 56.5 Å². The van der Waals surface area contributed by atoms with Crippen molar-refractivity contribution in [1.82, 2.24) is 5.32 Å². The maximum Gasteiger partial charge on any atom is 0.407 e. The number of amides is 1. The Balaban J connectivity index is 1.04. The van der Waals surface area contributed by atoms with E-state index in [0.29, 0.717) is 5.90 Å². The highest BCUT2D eigenvalue weighted by molar-refractivity contribution is 5.95. The van der Waals surface area contributed by atoms with E-state index in [0.717, 1.165) is 11.1 Å². The van der Waals surface area contributed by atoms with Crippen LogP contribution < -0.4 is 5.32 Å². The minimum atomic E-state index is -1.05. The number of carbonyl (C=O) groups is 1. The van der Waals surface area contributed by atoms with E-state index < -0.39 is 35.9 Å². The first-order chi connectivity index (χ1) is 19.3. The first-order valence-corrected chi connectivity index (χ1v) is 13.7. The zero-order valence-electron chi connectivity index (χ0n) is 22.8. The highest BCUT2D eigenvalue weighted by Gasteiger charge is 2.65. The third-order valence-corrected chi connectivity index (χ3v) is 8.06. The fourth-order valence-corrected chi connectivity index (χ4v) is 6.34. The summed E-state index contributed by atoms with van der Waals surface area (Å²) in [5, 5.41) is 2.88. The molecule has 3 aromatic rings. The van der Waals surface area contributed by atoms with Crippen molar-refractivity contribution < 1.29 is 28.5 Å². The molecule has 1 amide bonds. The molecule has 1 aliphatic carbocycles. The maximum atomic E-state index is 12.9. The number of benzene rings is 3. The Morgan fingerprint density at radius 3 is 2.42 bits per heavy atom. The van der Waals surface area contributed by atoms with Gasteiger partial charge >= 0.3 is 6.09 Å². The van der Waals surface area contributed by atoms with Crippen molar-refractivity contribution in [3.8, 4) is 11.1 Å². The molecule has 4 atom stereocenters. The van der Waals surface area contributed by atoms with E-state index >= 15 is 0 Å². The van der Waals surface area contributed by atoms with Gasteiger partial charge in [-0.1, -0.05) is 66.2 Å². The van der Waals surface area contributed by atoms with Gasteiger partial charge in [0.2, 0.25) is 11.6 Å². The van der Waals surface area contributed by atoms with Crippen LogP contribution in [0.15, 0.2) is 77.8 Å². The number of nitrogens with zero attached hydrogens (tertiary/aromatic N) is 1. The topological polar surface area (TPSA) is 87.6 Å². The van der Waals surface area contributed by atoms with Gasteiger partial charge in [0, 0.05) is 18.0 Å². The first kappa shape index (κ1) is 25.3. The zero-order chi connectivity index (χ0) is 27.5. The van der Waals surface area contributed by atoms with E-state index in [1.54, 1.807) is 0 Å². The van der Waals surface area contributed by atoms with Crippen LogP contribution in [-0.4, -0.2) is 61.6 Å². The van der Waals surface area contributed by atoms with E-state index in [9.17, 15) is 4.79 Å². The van der Waals surface area contributed by atoms with Crippen LogP contribution in [0.1, 0.15) is 42.0 Å². The van der Waals surface area contributed by atoms with Crippen molar-refractivity contribution >= 4 is 12.0 Å². The molecule has 3 aliphatic heterocycles. The third kappa shape index (κ3) is 4.27. The highest BCUT2D eigenvalue weighted by atomic mass is 16.8. The Kier molecular flexibility index (Phi) is 5.96. The number of ether oxygens (including phenoxy) is 5. The molecule has 4 aliphatic rings. The molecule has 3 aromatic carbocycles. The average molecular weight is 541 g/mol. The Hall–Kier alpha value is -3.72. The van der Waals surface area contributed by atoms with Crippen molar-refractivity contribution in [3.63, 3.8) is 0 Å². The summed E-state index contributed by atoms with van der Waals surface area (Å²) in [6.45, 7) is 6.41. The van der Waals surface area contributed by atoms with E-state index in [1.165, 1.54) is 22.3 Å². The quantitative estimate of drug-likeness (QED) is 0.494. The lowest BCUT2D eigenvalue weighted by molar-refractivity contribution is -0.208. The Morgan fingerprint density at radius 1 is 0.975 bits per heavy atom. The van der Waals surface area contributed by atoms with Crippen molar-refractivity contribution in [2.75, 3.05) is 19.8 Å². The molecular formula is C32H32N2O6. The van der Waals surface area contributed by atoms with Crippen molar-refractivity contribution in [2.24, 2.45) is 4.99 Å². The Bertz CT molecular complexity index is 1460. The van der Waals surface area contributed by atoms with Crippen LogP contribution in [0.3, 0.4) is 0 Å². The van der Waals surface area contributed by atoms with Gasteiger partial charge in [-0.05, 0) is 55.2 Å². The average Bonchev–Trinajstić information content (AvgIpc) is 3.67. The predicted molar refractivity (Wildman–Crippen MR) is 148 cm³/mol. The summed E-state index contributed by atoms with van der Waals surface area (Å²) >= 11 is 0. The smallest absolute Gasteiger partial charge is 0.407 e. The molecule has 0 radical (unpaired) electrons. The van der Waals surface area contributed by atoms with Crippen LogP contribution in [-0.2, 0) is 23.7 Å². The van der Waals surface area contributed by atoms with Crippen molar-refractivity contribution in [3.05, 3.63) is 95.1 Å². The highest BCUT2D eigenvalue weighted by Crippen LogP contribution is 2.47. The maximum absolute atomic E-state index is 12.9. The van der Waals surface area contributed by atoms with Crippen LogP contribution in [0, 0.1) is 6.92 Å². The van der Waals surface area contributed by atoms with E-state index in [-0.39, 0.29) is 25.7 Å². The molecule has 0 aromatic heterocycles. The molecule has 8 nitrogen and oxygen atoms in total. The lowest BCUT2D eigenvalue weighted by Crippen LogP contribution is -2.43. The molecule has 206 valence electrons. The normalized spacial score (nSPS) is 27.6. The Morgan fingerprint density at radius 2 is 1.70 bits per heavy atom. The van der Waals surface area contributed by atoms with E-state index in [1.807, 2.05) is 69.3 Å². The van der Waals surface area contributed by atoms with Gasteiger partial charge < -0.3 is 29.0 Å². The van der Waals surface area contributed by atoms with Crippen LogP contribution >= 0.6 is 0 Å². The van der Waals surface area contributed by atoms with E-state index in [4.69, 9.17) is 28.7 Å². The van der Waals surface area contributed by atoms with Crippen molar-refractivity contribution in [1.29, 1.82) is 0 Å². The molecule has 2 fully saturated rings. The lowest BCUT2D eigenvalue weighted by atomic mass is 9.98. The molecule has 0 bridgehead atoms. The second kappa shape index (κ2) is 9.44. The zero-order valence-corrected chi connectivity index (χ0v) is 22.8. The minimum absolute atomic E-state index is 0.00841. The van der Waals surface area contributed by atoms with Gasteiger partial charge in [-0.2, -0.15) is 0 Å². The summed E-state index contributed by atoms with van der Waals surface area (Å²) in [7, 11) is 0. The second-order valence-electron chi connectivity index (χ2n) is 11.3. The molecule has 4 unspecified atom stereocenters. The molecule has 7 rings (SSSR count). The van der Waals surface area contributed by atoms with Crippen LogP contribution in [0.4, 0.5) is 4.79 Å². The number of aliphatic imine (C=N–C) groups is 1. The van der Waals surface area contributed by atoms with Gasteiger partial charge in [-0.15, -0.1) is 0 Å². The number of rotatable bonds is 5. The minimum Gasteiger partial charge on any atom is -0.472 e. The molecule has 3 heterocycles. The summed E-state index contributed by atoms with van der Waals surface area (Å²) < 4.78 is 30.7. The molecule has 1 spiro atoms. The van der Waals surface area contributed by atoms with Gasteiger partial charge in [0.1, 0.15) is 31.5 Å². The van der Waals surface area contributed by atoms with Crippen LogP contribution in [0.25, 0.3) is 11.1 Å². The summed E-state index contributed by atoms with van der Waals surface area (Å²) in [5.41, 5.74) is 5.66. The van der Waals surface area contributed by atoms with Crippen LogP contribution in [0.5, 0.6) is 0 Å². The fraction of sp³-hybridized carbons (Fsp3) is 0.375. The number of nitrogens with one attached hydrogen (secondary N) is 1. The Labute approximate surface area is 233 Å². The van der Waals surface area contributed by atoms with Gasteiger partial charge in [0.05, 0.1) is 0 Å². The van der Waals surface area contributed by atoms with Gasteiger partial charge in [-0.3, -0.25) is 0 Å². The largest absolute Gasteiger partial charge is 0.472 e. The van der Waals surface area contributed by atoms with Crippen LogP contribution in [0.2, 0.25) is 0 Å².